The lowest BCUT2D eigenvalue weighted by molar-refractivity contribution is 0.539. The van der Waals surface area contributed by atoms with E-state index < -0.39 is 0 Å². The average Bonchev–Trinajstić information content (AvgIpc) is 2.69. The SMILES string of the molecule is C=CCC(CN)Cc1cc2cc(C)ccc2[nH]1. The summed E-state index contributed by atoms with van der Waals surface area (Å²) in [5, 5.41) is 1.29. The Morgan fingerprint density at radius 3 is 2.94 bits per heavy atom. The van der Waals surface area contributed by atoms with Crippen molar-refractivity contribution in [2.24, 2.45) is 11.7 Å². The van der Waals surface area contributed by atoms with E-state index in [2.05, 4.69) is 42.8 Å². The van der Waals surface area contributed by atoms with Crippen molar-refractivity contribution in [1.82, 2.24) is 4.98 Å². The molecule has 2 aromatic rings. The maximum Gasteiger partial charge on any atom is 0.0456 e. The maximum absolute atomic E-state index is 5.76. The van der Waals surface area contributed by atoms with Gasteiger partial charge in [0.15, 0.2) is 0 Å². The molecule has 0 saturated heterocycles. The number of benzene rings is 1. The average molecular weight is 228 g/mol. The van der Waals surface area contributed by atoms with E-state index >= 15 is 0 Å². The van der Waals surface area contributed by atoms with E-state index in [4.69, 9.17) is 5.73 Å². The Labute approximate surface area is 103 Å². The molecule has 0 aliphatic carbocycles. The predicted octanol–water partition coefficient (Wildman–Crippen LogP) is 3.17. The van der Waals surface area contributed by atoms with E-state index in [0.29, 0.717) is 12.5 Å². The highest BCUT2D eigenvalue weighted by molar-refractivity contribution is 5.81. The molecule has 2 heteroatoms. The van der Waals surface area contributed by atoms with Gasteiger partial charge in [0, 0.05) is 11.2 Å². The Balaban J connectivity index is 2.21. The predicted molar refractivity (Wildman–Crippen MR) is 74.1 cm³/mol. The number of aromatic amines is 1. The largest absolute Gasteiger partial charge is 0.358 e. The second-order valence-electron chi connectivity index (χ2n) is 4.72. The lowest BCUT2D eigenvalue weighted by Crippen LogP contribution is -2.16. The monoisotopic (exact) mass is 228 g/mol. The Hall–Kier alpha value is -1.54. The third-order valence-electron chi connectivity index (χ3n) is 3.17. The zero-order chi connectivity index (χ0) is 12.3. The van der Waals surface area contributed by atoms with Crippen molar-refractivity contribution in [3.05, 3.63) is 48.2 Å². The van der Waals surface area contributed by atoms with Crippen molar-refractivity contribution in [3.8, 4) is 0 Å². The molecule has 0 aliphatic heterocycles. The van der Waals surface area contributed by atoms with Crippen LogP contribution in [-0.2, 0) is 6.42 Å². The topological polar surface area (TPSA) is 41.8 Å². The second-order valence-corrected chi connectivity index (χ2v) is 4.72. The number of fused-ring (bicyclic) bond motifs is 1. The molecule has 0 aliphatic rings. The molecule has 1 unspecified atom stereocenters. The molecule has 0 amide bonds. The van der Waals surface area contributed by atoms with Gasteiger partial charge in [0.25, 0.3) is 0 Å². The standard InChI is InChI=1S/C15H20N2/c1-3-4-12(10-16)8-14-9-13-7-11(2)5-6-15(13)17-14/h3,5-7,9,12,17H,1,4,8,10,16H2,2H3. The second kappa shape index (κ2) is 5.19. The van der Waals surface area contributed by atoms with Crippen molar-refractivity contribution in [2.75, 3.05) is 6.54 Å². The first kappa shape index (κ1) is 11.9. The molecule has 1 aromatic heterocycles. The van der Waals surface area contributed by atoms with E-state index in [0.717, 1.165) is 12.8 Å². The first-order chi connectivity index (χ1) is 8.22. The molecule has 2 nitrogen and oxygen atoms in total. The van der Waals surface area contributed by atoms with Crippen LogP contribution in [0.15, 0.2) is 36.9 Å². The summed E-state index contributed by atoms with van der Waals surface area (Å²) in [5.41, 5.74) is 9.53. The zero-order valence-electron chi connectivity index (χ0n) is 10.4. The summed E-state index contributed by atoms with van der Waals surface area (Å²) in [7, 11) is 0. The fourth-order valence-electron chi connectivity index (χ4n) is 2.23. The summed E-state index contributed by atoms with van der Waals surface area (Å²) >= 11 is 0. The number of aryl methyl sites for hydroxylation is 1. The molecule has 3 N–H and O–H groups in total. The van der Waals surface area contributed by atoms with Crippen LogP contribution in [0.2, 0.25) is 0 Å². The summed E-state index contributed by atoms with van der Waals surface area (Å²) in [5.74, 6) is 0.488. The van der Waals surface area contributed by atoms with E-state index in [9.17, 15) is 0 Å². The molecule has 0 spiro atoms. The lowest BCUT2D eigenvalue weighted by Gasteiger charge is -2.10. The lowest BCUT2D eigenvalue weighted by atomic mass is 10.00. The minimum Gasteiger partial charge on any atom is -0.358 e. The molecule has 2 rings (SSSR count). The van der Waals surface area contributed by atoms with Gasteiger partial charge in [-0.2, -0.15) is 0 Å². The van der Waals surface area contributed by atoms with E-state index in [1.165, 1.54) is 22.2 Å². The number of nitrogens with one attached hydrogen (secondary N) is 1. The van der Waals surface area contributed by atoms with Crippen LogP contribution >= 0.6 is 0 Å². The number of hydrogen-bond donors (Lipinski definition) is 2. The highest BCUT2D eigenvalue weighted by Gasteiger charge is 2.08. The molecule has 1 heterocycles. The molecule has 1 atom stereocenters. The van der Waals surface area contributed by atoms with Crippen molar-refractivity contribution in [3.63, 3.8) is 0 Å². The summed E-state index contributed by atoms with van der Waals surface area (Å²) in [6.45, 7) is 6.60. The Morgan fingerprint density at radius 1 is 1.41 bits per heavy atom. The number of nitrogens with two attached hydrogens (primary N) is 1. The number of allylic oxidation sites excluding steroid dienone is 1. The normalized spacial score (nSPS) is 12.8. The fourth-order valence-corrected chi connectivity index (χ4v) is 2.23. The Bertz CT molecular complexity index is 511. The van der Waals surface area contributed by atoms with Crippen LogP contribution in [0, 0.1) is 12.8 Å². The number of hydrogen-bond acceptors (Lipinski definition) is 1. The molecule has 0 fully saturated rings. The zero-order valence-corrected chi connectivity index (χ0v) is 10.4. The summed E-state index contributed by atoms with van der Waals surface area (Å²) in [6.07, 6.45) is 3.92. The minimum absolute atomic E-state index is 0.488. The Kier molecular flexibility index (Phi) is 3.64. The van der Waals surface area contributed by atoms with Crippen molar-refractivity contribution < 1.29 is 0 Å². The third kappa shape index (κ3) is 2.77. The number of H-pyrrole nitrogens is 1. The van der Waals surface area contributed by atoms with Gasteiger partial charge < -0.3 is 10.7 Å². The highest BCUT2D eigenvalue weighted by Crippen LogP contribution is 2.19. The van der Waals surface area contributed by atoms with E-state index in [1.807, 2.05) is 6.08 Å². The smallest absolute Gasteiger partial charge is 0.0456 e. The fraction of sp³-hybridized carbons (Fsp3) is 0.333. The molecule has 0 saturated carbocycles. The van der Waals surface area contributed by atoms with Crippen molar-refractivity contribution >= 4 is 10.9 Å². The van der Waals surface area contributed by atoms with Crippen LogP contribution in [-0.4, -0.2) is 11.5 Å². The van der Waals surface area contributed by atoms with E-state index in [1.54, 1.807) is 0 Å². The first-order valence-electron chi connectivity index (χ1n) is 6.12. The minimum atomic E-state index is 0.488. The number of aromatic nitrogens is 1. The summed E-state index contributed by atoms with van der Waals surface area (Å²) in [4.78, 5) is 3.46. The van der Waals surface area contributed by atoms with E-state index in [-0.39, 0.29) is 0 Å². The van der Waals surface area contributed by atoms with Crippen molar-refractivity contribution in [2.45, 2.75) is 19.8 Å². The van der Waals surface area contributed by atoms with Gasteiger partial charge in [-0.3, -0.25) is 0 Å². The summed E-state index contributed by atoms with van der Waals surface area (Å²) in [6, 6.07) is 8.71. The molecule has 0 radical (unpaired) electrons. The highest BCUT2D eigenvalue weighted by atomic mass is 14.7. The van der Waals surface area contributed by atoms with Crippen LogP contribution < -0.4 is 5.73 Å². The van der Waals surface area contributed by atoms with Gasteiger partial charge in [-0.25, -0.2) is 0 Å². The quantitative estimate of drug-likeness (QED) is 0.758. The van der Waals surface area contributed by atoms with Crippen LogP contribution in [0.4, 0.5) is 0 Å². The molecule has 1 aromatic carbocycles. The van der Waals surface area contributed by atoms with Gasteiger partial charge in [0.1, 0.15) is 0 Å². The van der Waals surface area contributed by atoms with Crippen LogP contribution in [0.1, 0.15) is 17.7 Å². The molecule has 17 heavy (non-hydrogen) atoms. The van der Waals surface area contributed by atoms with Crippen molar-refractivity contribution in [1.29, 1.82) is 0 Å². The van der Waals surface area contributed by atoms with Gasteiger partial charge in [0.2, 0.25) is 0 Å². The molecule has 90 valence electrons. The van der Waals surface area contributed by atoms with Crippen LogP contribution in [0.3, 0.4) is 0 Å². The number of rotatable bonds is 5. The van der Waals surface area contributed by atoms with Gasteiger partial charge >= 0.3 is 0 Å². The first-order valence-corrected chi connectivity index (χ1v) is 6.12. The van der Waals surface area contributed by atoms with Gasteiger partial charge in [-0.15, -0.1) is 6.58 Å². The van der Waals surface area contributed by atoms with Crippen LogP contribution in [0.5, 0.6) is 0 Å². The Morgan fingerprint density at radius 2 is 2.24 bits per heavy atom. The molecule has 0 bridgehead atoms. The summed E-state index contributed by atoms with van der Waals surface area (Å²) < 4.78 is 0. The van der Waals surface area contributed by atoms with Crippen LogP contribution in [0.25, 0.3) is 10.9 Å². The third-order valence-corrected chi connectivity index (χ3v) is 3.17. The van der Waals surface area contributed by atoms with Gasteiger partial charge in [-0.1, -0.05) is 17.7 Å². The van der Waals surface area contributed by atoms with Gasteiger partial charge in [0.05, 0.1) is 0 Å². The maximum atomic E-state index is 5.76. The molecular formula is C15H20N2. The van der Waals surface area contributed by atoms with Gasteiger partial charge in [-0.05, 0) is 55.8 Å². The molecular weight excluding hydrogens is 208 g/mol.